The van der Waals surface area contributed by atoms with Gasteiger partial charge in [0, 0.05) is 18.1 Å². The number of halogens is 4. The fourth-order valence-electron chi connectivity index (χ4n) is 3.23. The molecule has 0 aliphatic carbocycles. The number of alkyl halides is 3. The fraction of sp³-hybridized carbons (Fsp3) is 0.381. The SMILES string of the molecule is O=C(CCOc1ccc(Cl)cc1)Nc1cc(C(F)(F)F)ccc1N1CCCCC1. The van der Waals surface area contributed by atoms with Crippen LogP contribution in [0.5, 0.6) is 5.75 Å². The summed E-state index contributed by atoms with van der Waals surface area (Å²) in [5, 5.41) is 3.21. The maximum atomic E-state index is 13.1. The van der Waals surface area contributed by atoms with Gasteiger partial charge in [-0.2, -0.15) is 13.2 Å². The van der Waals surface area contributed by atoms with Gasteiger partial charge in [0.25, 0.3) is 0 Å². The summed E-state index contributed by atoms with van der Waals surface area (Å²) in [7, 11) is 0. The third-order valence-electron chi connectivity index (χ3n) is 4.71. The monoisotopic (exact) mass is 426 g/mol. The van der Waals surface area contributed by atoms with Gasteiger partial charge in [-0.1, -0.05) is 11.6 Å². The first-order valence-electron chi connectivity index (χ1n) is 9.47. The zero-order valence-electron chi connectivity index (χ0n) is 15.8. The van der Waals surface area contributed by atoms with Crippen LogP contribution >= 0.6 is 11.6 Å². The molecule has 8 heteroatoms. The summed E-state index contributed by atoms with van der Waals surface area (Å²) in [5.41, 5.74) is 0.00820. The molecule has 1 heterocycles. The largest absolute Gasteiger partial charge is 0.493 e. The number of anilines is 2. The standard InChI is InChI=1S/C21H22ClF3N2O2/c22-16-5-7-17(8-6-16)29-13-10-20(28)26-18-14-15(21(23,24)25)4-9-19(18)27-11-2-1-3-12-27/h4-9,14H,1-3,10-13H2,(H,26,28). The smallest absolute Gasteiger partial charge is 0.416 e. The van der Waals surface area contributed by atoms with Crippen molar-refractivity contribution in [1.29, 1.82) is 0 Å². The minimum atomic E-state index is -4.47. The van der Waals surface area contributed by atoms with E-state index in [-0.39, 0.29) is 18.7 Å². The molecule has 0 radical (unpaired) electrons. The van der Waals surface area contributed by atoms with E-state index in [9.17, 15) is 18.0 Å². The Morgan fingerprint density at radius 1 is 1.07 bits per heavy atom. The average molecular weight is 427 g/mol. The lowest BCUT2D eigenvalue weighted by atomic mass is 10.1. The fourth-order valence-corrected chi connectivity index (χ4v) is 3.35. The molecule has 1 aliphatic heterocycles. The van der Waals surface area contributed by atoms with Crippen LogP contribution in [0.3, 0.4) is 0 Å². The lowest BCUT2D eigenvalue weighted by Crippen LogP contribution is -2.30. The molecule has 156 valence electrons. The van der Waals surface area contributed by atoms with Crippen molar-refractivity contribution in [1.82, 2.24) is 0 Å². The first-order chi connectivity index (χ1) is 13.8. The van der Waals surface area contributed by atoms with Gasteiger partial charge >= 0.3 is 6.18 Å². The van der Waals surface area contributed by atoms with Crippen molar-refractivity contribution in [3.05, 3.63) is 53.1 Å². The third-order valence-corrected chi connectivity index (χ3v) is 4.96. The molecule has 0 unspecified atom stereocenters. The van der Waals surface area contributed by atoms with E-state index in [2.05, 4.69) is 5.32 Å². The number of hydrogen-bond donors (Lipinski definition) is 1. The van der Waals surface area contributed by atoms with E-state index < -0.39 is 17.6 Å². The molecule has 0 saturated carbocycles. The quantitative estimate of drug-likeness (QED) is 0.638. The Morgan fingerprint density at radius 3 is 2.41 bits per heavy atom. The molecule has 1 saturated heterocycles. The van der Waals surface area contributed by atoms with Gasteiger partial charge in [0.05, 0.1) is 30.0 Å². The number of nitrogens with zero attached hydrogens (tertiary/aromatic N) is 1. The second-order valence-electron chi connectivity index (χ2n) is 6.88. The predicted molar refractivity (Wildman–Crippen MR) is 108 cm³/mol. The molecule has 2 aromatic rings. The Labute approximate surface area is 172 Å². The topological polar surface area (TPSA) is 41.6 Å². The van der Waals surface area contributed by atoms with E-state index in [1.165, 1.54) is 6.07 Å². The Kier molecular flexibility index (Phi) is 6.90. The second kappa shape index (κ2) is 9.39. The molecule has 1 amide bonds. The van der Waals surface area contributed by atoms with Gasteiger partial charge < -0.3 is 15.0 Å². The van der Waals surface area contributed by atoms with Crippen LogP contribution in [-0.4, -0.2) is 25.6 Å². The van der Waals surface area contributed by atoms with Gasteiger partial charge in [-0.15, -0.1) is 0 Å². The summed E-state index contributed by atoms with van der Waals surface area (Å²) < 4.78 is 44.9. The molecule has 1 aliphatic rings. The molecule has 1 fully saturated rings. The van der Waals surface area contributed by atoms with Crippen LogP contribution in [0.15, 0.2) is 42.5 Å². The van der Waals surface area contributed by atoms with Crippen molar-refractivity contribution < 1.29 is 22.7 Å². The van der Waals surface area contributed by atoms with Crippen LogP contribution in [0.4, 0.5) is 24.5 Å². The molecule has 4 nitrogen and oxygen atoms in total. The van der Waals surface area contributed by atoms with E-state index in [1.807, 2.05) is 4.90 Å². The minimum Gasteiger partial charge on any atom is -0.493 e. The summed E-state index contributed by atoms with van der Waals surface area (Å²) in [5.74, 6) is 0.159. The normalized spacial score (nSPS) is 14.6. The second-order valence-corrected chi connectivity index (χ2v) is 7.31. The molecule has 0 atom stereocenters. The van der Waals surface area contributed by atoms with E-state index in [0.717, 1.165) is 44.5 Å². The van der Waals surface area contributed by atoms with Crippen LogP contribution in [0.1, 0.15) is 31.2 Å². The van der Waals surface area contributed by atoms with Crippen molar-refractivity contribution in [3.63, 3.8) is 0 Å². The van der Waals surface area contributed by atoms with Crippen molar-refractivity contribution >= 4 is 28.9 Å². The number of ether oxygens (including phenoxy) is 1. The van der Waals surface area contributed by atoms with E-state index in [0.29, 0.717) is 16.5 Å². The first-order valence-corrected chi connectivity index (χ1v) is 9.85. The lowest BCUT2D eigenvalue weighted by molar-refractivity contribution is -0.137. The van der Waals surface area contributed by atoms with Crippen molar-refractivity contribution in [2.75, 3.05) is 29.9 Å². The predicted octanol–water partition coefficient (Wildman–Crippen LogP) is 5.76. The van der Waals surface area contributed by atoms with Gasteiger partial charge in [-0.3, -0.25) is 4.79 Å². The number of carbonyl (C=O) groups is 1. The van der Waals surface area contributed by atoms with Crippen molar-refractivity contribution in [2.45, 2.75) is 31.9 Å². The van der Waals surface area contributed by atoms with Gasteiger partial charge in [0.2, 0.25) is 5.91 Å². The average Bonchev–Trinajstić information content (AvgIpc) is 2.69. The lowest BCUT2D eigenvalue weighted by Gasteiger charge is -2.31. The molecule has 0 aromatic heterocycles. The summed E-state index contributed by atoms with van der Waals surface area (Å²) >= 11 is 5.81. The van der Waals surface area contributed by atoms with Crippen LogP contribution in [0.2, 0.25) is 5.02 Å². The van der Waals surface area contributed by atoms with Crippen LogP contribution in [-0.2, 0) is 11.0 Å². The van der Waals surface area contributed by atoms with E-state index in [4.69, 9.17) is 16.3 Å². The van der Waals surface area contributed by atoms with Crippen molar-refractivity contribution in [3.8, 4) is 5.75 Å². The molecule has 2 aromatic carbocycles. The maximum absolute atomic E-state index is 13.1. The van der Waals surface area contributed by atoms with Crippen LogP contribution < -0.4 is 15.0 Å². The maximum Gasteiger partial charge on any atom is 0.416 e. The molecular formula is C21H22ClF3N2O2. The molecular weight excluding hydrogens is 405 g/mol. The molecule has 1 N–H and O–H groups in total. The highest BCUT2D eigenvalue weighted by atomic mass is 35.5. The van der Waals surface area contributed by atoms with E-state index in [1.54, 1.807) is 24.3 Å². The Bertz CT molecular complexity index is 835. The Balaban J connectivity index is 1.67. The summed E-state index contributed by atoms with van der Waals surface area (Å²) in [4.78, 5) is 14.4. The highest BCUT2D eigenvalue weighted by Crippen LogP contribution is 2.36. The number of benzene rings is 2. The van der Waals surface area contributed by atoms with Crippen LogP contribution in [0, 0.1) is 0 Å². The Hall–Kier alpha value is -2.41. The Morgan fingerprint density at radius 2 is 1.76 bits per heavy atom. The molecule has 0 spiro atoms. The number of hydrogen-bond acceptors (Lipinski definition) is 3. The number of carbonyl (C=O) groups excluding carboxylic acids is 1. The zero-order chi connectivity index (χ0) is 20.9. The van der Waals surface area contributed by atoms with Crippen LogP contribution in [0.25, 0.3) is 0 Å². The highest BCUT2D eigenvalue weighted by Gasteiger charge is 2.31. The highest BCUT2D eigenvalue weighted by molar-refractivity contribution is 6.30. The van der Waals surface area contributed by atoms with Gasteiger partial charge in [0.1, 0.15) is 5.75 Å². The summed E-state index contributed by atoms with van der Waals surface area (Å²) in [6, 6.07) is 10.2. The third kappa shape index (κ3) is 6.03. The number of nitrogens with one attached hydrogen (secondary N) is 1. The number of amides is 1. The summed E-state index contributed by atoms with van der Waals surface area (Å²) in [6.45, 7) is 1.62. The molecule has 0 bridgehead atoms. The van der Waals surface area contributed by atoms with Gasteiger partial charge in [0.15, 0.2) is 0 Å². The summed E-state index contributed by atoms with van der Waals surface area (Å²) in [6.07, 6.45) is -1.41. The number of piperidine rings is 1. The first kappa shape index (κ1) is 21.3. The van der Waals surface area contributed by atoms with Gasteiger partial charge in [-0.25, -0.2) is 0 Å². The minimum absolute atomic E-state index is 0.0122. The number of rotatable bonds is 6. The molecule has 3 rings (SSSR count). The van der Waals surface area contributed by atoms with E-state index >= 15 is 0 Å². The zero-order valence-corrected chi connectivity index (χ0v) is 16.5. The van der Waals surface area contributed by atoms with Gasteiger partial charge in [-0.05, 0) is 61.7 Å². The molecule has 29 heavy (non-hydrogen) atoms. The van der Waals surface area contributed by atoms with Crippen molar-refractivity contribution in [2.24, 2.45) is 0 Å².